The van der Waals surface area contributed by atoms with Gasteiger partial charge in [-0.15, -0.1) is 0 Å². The van der Waals surface area contributed by atoms with Crippen LogP contribution in [0.2, 0.25) is 0 Å². The van der Waals surface area contributed by atoms with Crippen LogP contribution in [-0.2, 0) is 17.1 Å². The Hall–Kier alpha value is -2.30. The SMILES string of the molecule is CN(C(=O)CN[C@H]1CC[C@H](CNC(=O)c2cc(C(F)(F)F)cc(C(F)(F)F)c2)CC1)C1CCCC1. The van der Waals surface area contributed by atoms with Crippen LogP contribution in [0.25, 0.3) is 0 Å². The first-order valence-corrected chi connectivity index (χ1v) is 11.9. The molecule has 0 bridgehead atoms. The van der Waals surface area contributed by atoms with Crippen molar-refractivity contribution in [1.82, 2.24) is 15.5 Å². The molecular formula is C24H31F6N3O2. The summed E-state index contributed by atoms with van der Waals surface area (Å²) in [5.74, 6) is -0.852. The van der Waals surface area contributed by atoms with Gasteiger partial charge in [0.15, 0.2) is 0 Å². The molecule has 35 heavy (non-hydrogen) atoms. The molecule has 0 atom stereocenters. The smallest absolute Gasteiger partial charge is 0.352 e. The summed E-state index contributed by atoms with van der Waals surface area (Å²) in [7, 11) is 1.83. The van der Waals surface area contributed by atoms with Gasteiger partial charge in [-0.05, 0) is 62.6 Å². The van der Waals surface area contributed by atoms with E-state index in [0.29, 0.717) is 18.2 Å². The molecule has 0 radical (unpaired) electrons. The Kier molecular flexibility index (Phi) is 8.72. The molecule has 2 amide bonds. The number of rotatable bonds is 7. The fourth-order valence-corrected chi connectivity index (χ4v) is 4.85. The van der Waals surface area contributed by atoms with Crippen molar-refractivity contribution in [3.8, 4) is 0 Å². The lowest BCUT2D eigenvalue weighted by atomic mass is 9.86. The first kappa shape index (κ1) is 27.3. The van der Waals surface area contributed by atoms with Crippen molar-refractivity contribution in [3.63, 3.8) is 0 Å². The second-order valence-electron chi connectivity index (χ2n) is 9.55. The van der Waals surface area contributed by atoms with E-state index in [4.69, 9.17) is 0 Å². The molecule has 0 heterocycles. The highest BCUT2D eigenvalue weighted by Gasteiger charge is 2.37. The highest BCUT2D eigenvalue weighted by molar-refractivity contribution is 5.94. The Labute approximate surface area is 200 Å². The van der Waals surface area contributed by atoms with Crippen LogP contribution in [0, 0.1) is 5.92 Å². The first-order valence-electron chi connectivity index (χ1n) is 11.9. The molecule has 1 aromatic carbocycles. The molecule has 1 aromatic rings. The molecule has 0 unspecified atom stereocenters. The lowest BCUT2D eigenvalue weighted by Gasteiger charge is -2.30. The predicted molar refractivity (Wildman–Crippen MR) is 118 cm³/mol. The van der Waals surface area contributed by atoms with Crippen molar-refractivity contribution in [1.29, 1.82) is 0 Å². The highest BCUT2D eigenvalue weighted by Crippen LogP contribution is 2.36. The van der Waals surface area contributed by atoms with Crippen LogP contribution in [0.4, 0.5) is 26.3 Å². The summed E-state index contributed by atoms with van der Waals surface area (Å²) < 4.78 is 78.1. The Morgan fingerprint density at radius 1 is 0.886 bits per heavy atom. The molecular weight excluding hydrogens is 476 g/mol. The van der Waals surface area contributed by atoms with Crippen molar-refractivity contribution in [2.45, 2.75) is 75.8 Å². The molecule has 2 aliphatic carbocycles. The van der Waals surface area contributed by atoms with Crippen LogP contribution in [0.1, 0.15) is 72.9 Å². The summed E-state index contributed by atoms with van der Waals surface area (Å²) in [6.07, 6.45) is -2.66. The number of nitrogens with one attached hydrogen (secondary N) is 2. The second kappa shape index (κ2) is 11.2. The maximum Gasteiger partial charge on any atom is 0.416 e. The number of amides is 2. The minimum atomic E-state index is -5.00. The highest BCUT2D eigenvalue weighted by atomic mass is 19.4. The van der Waals surface area contributed by atoms with Gasteiger partial charge in [0.1, 0.15) is 0 Å². The Balaban J connectivity index is 1.46. The number of carbonyl (C=O) groups is 2. The summed E-state index contributed by atoms with van der Waals surface area (Å²) in [6, 6.07) is 1.34. The molecule has 11 heteroatoms. The van der Waals surface area contributed by atoms with Crippen LogP contribution in [0.3, 0.4) is 0 Å². The van der Waals surface area contributed by atoms with Crippen LogP contribution in [0.15, 0.2) is 18.2 Å². The Morgan fingerprint density at radius 2 is 1.43 bits per heavy atom. The monoisotopic (exact) mass is 507 g/mol. The normalized spacial score (nSPS) is 21.7. The standard InChI is InChI=1S/C24H31F6N3O2/c1-33(20-4-2-3-5-20)21(34)14-31-19-8-6-15(7-9-19)13-32-22(35)16-10-17(23(25,26)27)12-18(11-16)24(28,29)30/h10-12,15,19-20,31H,2-9,13-14H2,1H3,(H,32,35)/t15-,19-. The van der Waals surface area contributed by atoms with E-state index >= 15 is 0 Å². The minimum absolute atomic E-state index is 0.00131. The van der Waals surface area contributed by atoms with E-state index in [1.54, 1.807) is 0 Å². The van der Waals surface area contributed by atoms with Crippen LogP contribution in [0.5, 0.6) is 0 Å². The van der Waals surface area contributed by atoms with Crippen LogP contribution >= 0.6 is 0 Å². The topological polar surface area (TPSA) is 61.4 Å². The molecule has 5 nitrogen and oxygen atoms in total. The van der Waals surface area contributed by atoms with E-state index in [-0.39, 0.29) is 37.0 Å². The number of hydrogen-bond donors (Lipinski definition) is 2. The van der Waals surface area contributed by atoms with E-state index in [0.717, 1.165) is 51.4 Å². The molecule has 0 spiro atoms. The van der Waals surface area contributed by atoms with Crippen LogP contribution < -0.4 is 10.6 Å². The summed E-state index contributed by atoms with van der Waals surface area (Å²) in [5, 5.41) is 5.77. The molecule has 3 rings (SSSR count). The number of alkyl halides is 6. The average molecular weight is 508 g/mol. The summed E-state index contributed by atoms with van der Waals surface area (Å²) in [4.78, 5) is 26.6. The Bertz CT molecular complexity index is 856. The van der Waals surface area contributed by atoms with E-state index in [2.05, 4.69) is 10.6 Å². The van der Waals surface area contributed by atoms with Crippen molar-refractivity contribution in [2.24, 2.45) is 5.92 Å². The molecule has 0 saturated heterocycles. The van der Waals surface area contributed by atoms with Crippen molar-refractivity contribution >= 4 is 11.8 Å². The molecule has 2 saturated carbocycles. The third-order valence-electron chi connectivity index (χ3n) is 7.06. The minimum Gasteiger partial charge on any atom is -0.352 e. The van der Waals surface area contributed by atoms with Gasteiger partial charge in [0.05, 0.1) is 17.7 Å². The van der Waals surface area contributed by atoms with Gasteiger partial charge in [-0.25, -0.2) is 0 Å². The molecule has 196 valence electrons. The lowest BCUT2D eigenvalue weighted by Crippen LogP contribution is -2.44. The first-order chi connectivity index (χ1) is 16.3. The molecule has 2 N–H and O–H groups in total. The zero-order chi connectivity index (χ0) is 25.8. The number of benzene rings is 1. The summed E-state index contributed by atoms with van der Waals surface area (Å²) in [5.41, 5.74) is -3.71. The lowest BCUT2D eigenvalue weighted by molar-refractivity contribution is -0.143. The zero-order valence-electron chi connectivity index (χ0n) is 19.6. The predicted octanol–water partition coefficient (Wildman–Crippen LogP) is 5.00. The summed E-state index contributed by atoms with van der Waals surface area (Å²) >= 11 is 0. The fraction of sp³-hybridized carbons (Fsp3) is 0.667. The fourth-order valence-electron chi connectivity index (χ4n) is 4.85. The van der Waals surface area contributed by atoms with E-state index in [1.807, 2.05) is 11.9 Å². The zero-order valence-corrected chi connectivity index (χ0v) is 19.6. The van der Waals surface area contributed by atoms with Gasteiger partial charge in [0.25, 0.3) is 5.91 Å². The molecule has 2 fully saturated rings. The number of halogens is 6. The van der Waals surface area contributed by atoms with Gasteiger partial charge in [0, 0.05) is 31.2 Å². The average Bonchev–Trinajstić information content (AvgIpc) is 3.34. The maximum absolute atomic E-state index is 13.0. The number of nitrogens with zero attached hydrogens (tertiary/aromatic N) is 1. The third kappa shape index (κ3) is 7.59. The number of hydrogen-bond acceptors (Lipinski definition) is 3. The van der Waals surface area contributed by atoms with E-state index in [9.17, 15) is 35.9 Å². The molecule has 2 aliphatic rings. The second-order valence-corrected chi connectivity index (χ2v) is 9.55. The van der Waals surface area contributed by atoms with Gasteiger partial charge < -0.3 is 15.5 Å². The number of carbonyl (C=O) groups excluding carboxylic acids is 2. The summed E-state index contributed by atoms with van der Waals surface area (Å²) in [6.45, 7) is 0.419. The Morgan fingerprint density at radius 3 is 1.94 bits per heavy atom. The van der Waals surface area contributed by atoms with Gasteiger partial charge in [0.2, 0.25) is 5.91 Å². The maximum atomic E-state index is 13.0. The molecule has 0 aliphatic heterocycles. The van der Waals surface area contributed by atoms with Crippen LogP contribution in [-0.4, -0.2) is 48.9 Å². The van der Waals surface area contributed by atoms with Gasteiger partial charge in [-0.1, -0.05) is 12.8 Å². The number of likely N-dealkylation sites (N-methyl/N-ethyl adjacent to an activating group) is 1. The largest absolute Gasteiger partial charge is 0.416 e. The van der Waals surface area contributed by atoms with E-state index < -0.39 is 35.0 Å². The molecule has 0 aromatic heterocycles. The quantitative estimate of drug-likeness (QED) is 0.511. The van der Waals surface area contributed by atoms with Crippen molar-refractivity contribution < 1.29 is 35.9 Å². The van der Waals surface area contributed by atoms with Crippen molar-refractivity contribution in [2.75, 3.05) is 20.1 Å². The van der Waals surface area contributed by atoms with Gasteiger partial charge in [-0.2, -0.15) is 26.3 Å². The van der Waals surface area contributed by atoms with E-state index in [1.165, 1.54) is 0 Å². The van der Waals surface area contributed by atoms with Crippen molar-refractivity contribution in [3.05, 3.63) is 34.9 Å². The third-order valence-corrected chi connectivity index (χ3v) is 7.06. The van der Waals surface area contributed by atoms with Gasteiger partial charge in [-0.3, -0.25) is 9.59 Å². The van der Waals surface area contributed by atoms with Gasteiger partial charge >= 0.3 is 12.4 Å².